The van der Waals surface area contributed by atoms with Gasteiger partial charge in [-0.05, 0) is 31.7 Å². The van der Waals surface area contributed by atoms with E-state index >= 15 is 0 Å². The SMILES string of the molecule is CN1C(=O)C[C@@H](C(=O)O)C12CCN(C(=O)C1(c3ccccc3F)CC1)CC2. The van der Waals surface area contributed by atoms with Gasteiger partial charge >= 0.3 is 5.97 Å². The number of carbonyl (C=O) groups is 3. The smallest absolute Gasteiger partial charge is 0.309 e. The lowest BCUT2D eigenvalue weighted by Crippen LogP contribution is -2.58. The Morgan fingerprint density at radius 3 is 2.33 bits per heavy atom. The molecule has 2 aliphatic heterocycles. The monoisotopic (exact) mass is 374 g/mol. The van der Waals surface area contributed by atoms with Gasteiger partial charge in [0, 0.05) is 32.1 Å². The Kier molecular flexibility index (Phi) is 4.01. The van der Waals surface area contributed by atoms with Gasteiger partial charge in [-0.15, -0.1) is 0 Å². The normalized spacial score (nSPS) is 25.7. The lowest BCUT2D eigenvalue weighted by molar-refractivity contribution is -0.147. The number of halogens is 1. The molecule has 1 aliphatic carbocycles. The van der Waals surface area contributed by atoms with E-state index in [-0.39, 0.29) is 24.1 Å². The summed E-state index contributed by atoms with van der Waals surface area (Å²) in [6.45, 7) is 0.771. The Balaban J connectivity index is 1.53. The molecule has 0 bridgehead atoms. The van der Waals surface area contributed by atoms with E-state index in [1.165, 1.54) is 6.07 Å². The summed E-state index contributed by atoms with van der Waals surface area (Å²) in [5.41, 5.74) is -1.06. The Labute approximate surface area is 156 Å². The predicted molar refractivity (Wildman–Crippen MR) is 94.4 cm³/mol. The number of carboxylic acids is 1. The number of carboxylic acid groups (broad SMARTS) is 1. The first kappa shape index (κ1) is 17.9. The van der Waals surface area contributed by atoms with Gasteiger partial charge in [-0.2, -0.15) is 0 Å². The minimum absolute atomic E-state index is 0.0128. The van der Waals surface area contributed by atoms with Crippen molar-refractivity contribution in [3.8, 4) is 0 Å². The van der Waals surface area contributed by atoms with Crippen molar-refractivity contribution in [3.05, 3.63) is 35.6 Å². The second kappa shape index (κ2) is 6.04. The standard InChI is InChI=1S/C20H23FN2O4/c1-22-16(24)12-14(17(25)26)20(22)8-10-23(11-9-20)18(27)19(6-7-19)13-4-2-3-5-15(13)21/h2-5,14H,6-12H2,1H3,(H,25,26)/t14-/m0/s1. The van der Waals surface area contributed by atoms with E-state index < -0.39 is 22.8 Å². The number of rotatable bonds is 3. The van der Waals surface area contributed by atoms with Crippen molar-refractivity contribution < 1.29 is 23.9 Å². The van der Waals surface area contributed by atoms with E-state index in [1.54, 1.807) is 35.0 Å². The Morgan fingerprint density at radius 2 is 1.78 bits per heavy atom. The van der Waals surface area contributed by atoms with Crippen LogP contribution in [-0.4, -0.2) is 58.4 Å². The summed E-state index contributed by atoms with van der Waals surface area (Å²) >= 11 is 0. The van der Waals surface area contributed by atoms with Crippen LogP contribution in [0.4, 0.5) is 4.39 Å². The van der Waals surface area contributed by atoms with Crippen LogP contribution in [0.15, 0.2) is 24.3 Å². The van der Waals surface area contributed by atoms with Gasteiger partial charge < -0.3 is 14.9 Å². The third kappa shape index (κ3) is 2.55. The average Bonchev–Trinajstić information content (AvgIpc) is 3.42. The molecular weight excluding hydrogens is 351 g/mol. The van der Waals surface area contributed by atoms with Gasteiger partial charge in [-0.25, -0.2) is 4.39 Å². The quantitative estimate of drug-likeness (QED) is 0.875. The molecule has 0 radical (unpaired) electrons. The third-order valence-corrected chi connectivity index (χ3v) is 6.83. The highest BCUT2D eigenvalue weighted by Gasteiger charge is 2.58. The number of likely N-dealkylation sites (tertiary alicyclic amines) is 2. The van der Waals surface area contributed by atoms with Crippen molar-refractivity contribution in [2.24, 2.45) is 5.92 Å². The number of hydrogen-bond acceptors (Lipinski definition) is 3. The molecule has 1 aromatic rings. The maximum Gasteiger partial charge on any atom is 0.309 e. The number of aliphatic carboxylic acids is 1. The maximum atomic E-state index is 14.2. The van der Waals surface area contributed by atoms with Gasteiger partial charge in [0.15, 0.2) is 0 Å². The molecule has 1 spiro atoms. The van der Waals surface area contributed by atoms with Crippen LogP contribution >= 0.6 is 0 Å². The van der Waals surface area contributed by atoms with Gasteiger partial charge in [0.25, 0.3) is 0 Å². The van der Waals surface area contributed by atoms with E-state index in [4.69, 9.17) is 0 Å². The van der Waals surface area contributed by atoms with Crippen LogP contribution in [0.3, 0.4) is 0 Å². The molecule has 4 rings (SSSR count). The first-order chi connectivity index (χ1) is 12.8. The summed E-state index contributed by atoms with van der Waals surface area (Å²) < 4.78 is 14.2. The summed E-state index contributed by atoms with van der Waals surface area (Å²) in [7, 11) is 1.66. The van der Waals surface area contributed by atoms with Crippen molar-refractivity contribution in [2.75, 3.05) is 20.1 Å². The summed E-state index contributed by atoms with van der Waals surface area (Å²) in [4.78, 5) is 40.2. The fraction of sp³-hybridized carbons (Fsp3) is 0.550. The molecular formula is C20H23FN2O4. The van der Waals surface area contributed by atoms with Gasteiger partial charge in [-0.1, -0.05) is 18.2 Å². The van der Waals surface area contributed by atoms with Gasteiger partial charge in [0.1, 0.15) is 5.82 Å². The van der Waals surface area contributed by atoms with Crippen molar-refractivity contribution in [1.82, 2.24) is 9.80 Å². The molecule has 1 N–H and O–H groups in total. The van der Waals surface area contributed by atoms with Gasteiger partial charge in [0.2, 0.25) is 11.8 Å². The van der Waals surface area contributed by atoms with Crippen molar-refractivity contribution in [1.29, 1.82) is 0 Å². The van der Waals surface area contributed by atoms with Crippen LogP contribution in [-0.2, 0) is 19.8 Å². The summed E-state index contributed by atoms with van der Waals surface area (Å²) in [5, 5.41) is 9.56. The number of nitrogens with zero attached hydrogens (tertiary/aromatic N) is 2. The number of amides is 2. The van der Waals surface area contributed by atoms with Crippen molar-refractivity contribution in [2.45, 2.75) is 43.1 Å². The van der Waals surface area contributed by atoms with E-state index in [9.17, 15) is 23.9 Å². The highest BCUT2D eigenvalue weighted by atomic mass is 19.1. The molecule has 2 amide bonds. The van der Waals surface area contributed by atoms with Crippen LogP contribution in [0.1, 0.15) is 37.7 Å². The lowest BCUT2D eigenvalue weighted by Gasteiger charge is -2.46. The highest BCUT2D eigenvalue weighted by molar-refractivity contribution is 5.92. The van der Waals surface area contributed by atoms with Crippen LogP contribution < -0.4 is 0 Å². The molecule has 0 aromatic heterocycles. The Morgan fingerprint density at radius 1 is 1.15 bits per heavy atom. The zero-order chi connectivity index (χ0) is 19.4. The molecule has 3 fully saturated rings. The lowest BCUT2D eigenvalue weighted by atomic mass is 9.76. The first-order valence-corrected chi connectivity index (χ1v) is 9.36. The van der Waals surface area contributed by atoms with Crippen LogP contribution in [0.5, 0.6) is 0 Å². The maximum absolute atomic E-state index is 14.2. The van der Waals surface area contributed by atoms with Crippen LogP contribution in [0, 0.1) is 11.7 Å². The molecule has 1 saturated carbocycles. The molecule has 2 heterocycles. The molecule has 6 nitrogen and oxygen atoms in total. The van der Waals surface area contributed by atoms with E-state index in [0.29, 0.717) is 44.3 Å². The van der Waals surface area contributed by atoms with E-state index in [1.807, 2.05) is 0 Å². The molecule has 7 heteroatoms. The average molecular weight is 374 g/mol. The first-order valence-electron chi connectivity index (χ1n) is 9.36. The molecule has 144 valence electrons. The Bertz CT molecular complexity index is 812. The summed E-state index contributed by atoms with van der Waals surface area (Å²) in [5.74, 6) is -2.30. The zero-order valence-electron chi connectivity index (χ0n) is 15.3. The fourth-order valence-electron chi connectivity index (χ4n) is 4.96. The van der Waals surface area contributed by atoms with Crippen LogP contribution in [0.2, 0.25) is 0 Å². The molecule has 1 aromatic carbocycles. The van der Waals surface area contributed by atoms with Gasteiger partial charge in [-0.3, -0.25) is 14.4 Å². The zero-order valence-corrected chi connectivity index (χ0v) is 15.3. The topological polar surface area (TPSA) is 77.9 Å². The largest absolute Gasteiger partial charge is 0.481 e. The molecule has 2 saturated heterocycles. The number of carbonyl (C=O) groups excluding carboxylic acids is 2. The number of piperidine rings is 1. The van der Waals surface area contributed by atoms with Gasteiger partial charge in [0.05, 0.1) is 16.9 Å². The van der Waals surface area contributed by atoms with Crippen molar-refractivity contribution >= 4 is 17.8 Å². The number of benzene rings is 1. The highest BCUT2D eigenvalue weighted by Crippen LogP contribution is 2.51. The predicted octanol–water partition coefficient (Wildman–Crippen LogP) is 1.78. The minimum atomic E-state index is -0.961. The molecule has 0 unspecified atom stereocenters. The van der Waals surface area contributed by atoms with Crippen LogP contribution in [0.25, 0.3) is 0 Å². The van der Waals surface area contributed by atoms with Crippen molar-refractivity contribution in [3.63, 3.8) is 0 Å². The summed E-state index contributed by atoms with van der Waals surface area (Å²) in [6, 6.07) is 6.41. The van der Waals surface area contributed by atoms with E-state index in [2.05, 4.69) is 0 Å². The second-order valence-electron chi connectivity index (χ2n) is 8.01. The Hall–Kier alpha value is -2.44. The molecule has 27 heavy (non-hydrogen) atoms. The molecule has 3 aliphatic rings. The minimum Gasteiger partial charge on any atom is -0.481 e. The number of hydrogen-bond donors (Lipinski definition) is 1. The fourth-order valence-corrected chi connectivity index (χ4v) is 4.96. The second-order valence-corrected chi connectivity index (χ2v) is 8.01. The third-order valence-electron chi connectivity index (χ3n) is 6.83. The summed E-state index contributed by atoms with van der Waals surface area (Å²) in [6.07, 6.45) is 2.14. The van der Waals surface area contributed by atoms with E-state index in [0.717, 1.165) is 0 Å². The molecule has 1 atom stereocenters.